The van der Waals surface area contributed by atoms with Crippen molar-refractivity contribution >= 4 is 0 Å². The van der Waals surface area contributed by atoms with Crippen molar-refractivity contribution in [1.82, 2.24) is 0 Å². The summed E-state index contributed by atoms with van der Waals surface area (Å²) in [7, 11) is 0. The zero-order chi connectivity index (χ0) is 10.4. The minimum atomic E-state index is -0.340. The van der Waals surface area contributed by atoms with E-state index in [4.69, 9.17) is 10.5 Å². The van der Waals surface area contributed by atoms with Gasteiger partial charge in [0, 0.05) is 6.54 Å². The van der Waals surface area contributed by atoms with E-state index in [-0.39, 0.29) is 19.0 Å². The van der Waals surface area contributed by atoms with Gasteiger partial charge in [0.15, 0.2) is 0 Å². The van der Waals surface area contributed by atoms with E-state index in [9.17, 15) is 4.39 Å². The van der Waals surface area contributed by atoms with Gasteiger partial charge >= 0.3 is 0 Å². The normalized spacial score (nSPS) is 11.5. The quantitative estimate of drug-likeness (QED) is 0.799. The fraction of sp³-hybridized carbons (Fsp3) is 0.273. The Kier molecular flexibility index (Phi) is 4.13. The first-order valence-corrected chi connectivity index (χ1v) is 4.46. The maximum atomic E-state index is 12.8. The standard InChI is InChI=1S/C11H14FNO/c1-9-2-4-11(5-3-9)14-8-10(12)6-7-13/h2-6H,7-8,13H2,1H3/b10-6+. The molecule has 0 spiro atoms. The molecule has 0 bridgehead atoms. The molecule has 0 saturated heterocycles. The summed E-state index contributed by atoms with van der Waals surface area (Å²) in [5.41, 5.74) is 6.29. The minimum Gasteiger partial charge on any atom is -0.487 e. The monoisotopic (exact) mass is 195 g/mol. The van der Waals surface area contributed by atoms with E-state index < -0.39 is 0 Å². The summed E-state index contributed by atoms with van der Waals surface area (Å²) in [4.78, 5) is 0. The Bertz CT molecular complexity index is 306. The molecule has 0 amide bonds. The molecule has 2 N–H and O–H groups in total. The Morgan fingerprint density at radius 3 is 2.64 bits per heavy atom. The predicted molar refractivity (Wildman–Crippen MR) is 54.9 cm³/mol. The topological polar surface area (TPSA) is 35.2 Å². The molecule has 2 nitrogen and oxygen atoms in total. The Labute approximate surface area is 83.2 Å². The van der Waals surface area contributed by atoms with E-state index in [2.05, 4.69) is 0 Å². The Morgan fingerprint density at radius 1 is 1.43 bits per heavy atom. The summed E-state index contributed by atoms with van der Waals surface area (Å²) >= 11 is 0. The lowest BCUT2D eigenvalue weighted by Gasteiger charge is -2.04. The second-order valence-electron chi connectivity index (χ2n) is 2.99. The largest absolute Gasteiger partial charge is 0.487 e. The zero-order valence-electron chi connectivity index (χ0n) is 8.16. The van der Waals surface area contributed by atoms with Crippen molar-refractivity contribution in [3.8, 4) is 5.75 Å². The summed E-state index contributed by atoms with van der Waals surface area (Å²) in [5, 5.41) is 0. The highest BCUT2D eigenvalue weighted by Crippen LogP contribution is 2.12. The zero-order valence-corrected chi connectivity index (χ0v) is 8.16. The van der Waals surface area contributed by atoms with Crippen molar-refractivity contribution in [2.24, 2.45) is 5.73 Å². The van der Waals surface area contributed by atoms with Crippen molar-refractivity contribution in [3.05, 3.63) is 41.7 Å². The molecule has 0 heterocycles. The molecule has 1 rings (SSSR count). The van der Waals surface area contributed by atoms with Crippen molar-refractivity contribution in [2.45, 2.75) is 6.92 Å². The fourth-order valence-electron chi connectivity index (χ4n) is 0.974. The third kappa shape index (κ3) is 3.58. The van der Waals surface area contributed by atoms with Gasteiger partial charge in [-0.05, 0) is 25.1 Å². The molecule has 0 radical (unpaired) electrons. The first-order chi connectivity index (χ1) is 6.72. The van der Waals surface area contributed by atoms with Crippen LogP contribution in [0.25, 0.3) is 0 Å². The smallest absolute Gasteiger partial charge is 0.139 e. The molecule has 14 heavy (non-hydrogen) atoms. The molecule has 0 aliphatic carbocycles. The Morgan fingerprint density at radius 2 is 2.07 bits per heavy atom. The number of hydrogen-bond donors (Lipinski definition) is 1. The molecule has 3 heteroatoms. The van der Waals surface area contributed by atoms with Crippen LogP contribution in [0.4, 0.5) is 4.39 Å². The molecular weight excluding hydrogens is 181 g/mol. The average molecular weight is 195 g/mol. The second-order valence-corrected chi connectivity index (χ2v) is 2.99. The highest BCUT2D eigenvalue weighted by atomic mass is 19.1. The molecule has 0 atom stereocenters. The summed E-state index contributed by atoms with van der Waals surface area (Å²) in [6.45, 7) is 2.13. The molecule has 76 valence electrons. The maximum absolute atomic E-state index is 12.8. The van der Waals surface area contributed by atoms with Crippen molar-refractivity contribution in [2.75, 3.05) is 13.2 Å². The Hall–Kier alpha value is -1.35. The highest BCUT2D eigenvalue weighted by molar-refractivity contribution is 5.26. The van der Waals surface area contributed by atoms with Gasteiger partial charge in [0.05, 0.1) is 0 Å². The van der Waals surface area contributed by atoms with E-state index in [1.54, 1.807) is 0 Å². The molecule has 0 aromatic heterocycles. The molecule has 0 fully saturated rings. The number of benzene rings is 1. The summed E-state index contributed by atoms with van der Waals surface area (Å²) in [6.07, 6.45) is 1.30. The van der Waals surface area contributed by atoms with Crippen LogP contribution >= 0.6 is 0 Å². The van der Waals surface area contributed by atoms with E-state index in [0.717, 1.165) is 5.56 Å². The van der Waals surface area contributed by atoms with Crippen LogP contribution in [-0.2, 0) is 0 Å². The highest BCUT2D eigenvalue weighted by Gasteiger charge is 1.96. The lowest BCUT2D eigenvalue weighted by molar-refractivity contribution is 0.318. The van der Waals surface area contributed by atoms with E-state index in [0.29, 0.717) is 5.75 Å². The minimum absolute atomic E-state index is 0.0553. The van der Waals surface area contributed by atoms with Crippen molar-refractivity contribution in [3.63, 3.8) is 0 Å². The predicted octanol–water partition coefficient (Wildman–Crippen LogP) is 2.19. The Balaban J connectivity index is 2.46. The van der Waals surface area contributed by atoms with Crippen LogP contribution in [-0.4, -0.2) is 13.2 Å². The molecule has 0 saturated carbocycles. The van der Waals surface area contributed by atoms with Gasteiger partial charge in [-0.25, -0.2) is 4.39 Å². The van der Waals surface area contributed by atoms with E-state index >= 15 is 0 Å². The molecular formula is C11H14FNO. The van der Waals surface area contributed by atoms with Gasteiger partial charge < -0.3 is 10.5 Å². The van der Waals surface area contributed by atoms with E-state index in [1.807, 2.05) is 31.2 Å². The lowest BCUT2D eigenvalue weighted by atomic mass is 10.2. The van der Waals surface area contributed by atoms with Crippen LogP contribution in [0, 0.1) is 6.92 Å². The van der Waals surface area contributed by atoms with Crippen LogP contribution in [0.5, 0.6) is 5.75 Å². The fourth-order valence-corrected chi connectivity index (χ4v) is 0.974. The number of hydrogen-bond acceptors (Lipinski definition) is 2. The van der Waals surface area contributed by atoms with Gasteiger partial charge in [-0.1, -0.05) is 17.7 Å². The summed E-state index contributed by atoms with van der Waals surface area (Å²) < 4.78 is 18.0. The van der Waals surface area contributed by atoms with E-state index in [1.165, 1.54) is 6.08 Å². The van der Waals surface area contributed by atoms with Gasteiger partial charge in [0.2, 0.25) is 0 Å². The maximum Gasteiger partial charge on any atom is 0.139 e. The molecule has 0 aliphatic rings. The first-order valence-electron chi connectivity index (χ1n) is 4.46. The average Bonchev–Trinajstić information content (AvgIpc) is 2.17. The third-order valence-electron chi connectivity index (χ3n) is 1.74. The van der Waals surface area contributed by atoms with Gasteiger partial charge in [-0.15, -0.1) is 0 Å². The van der Waals surface area contributed by atoms with Crippen LogP contribution in [0.2, 0.25) is 0 Å². The molecule has 0 unspecified atom stereocenters. The number of aryl methyl sites for hydroxylation is 1. The van der Waals surface area contributed by atoms with Crippen LogP contribution < -0.4 is 10.5 Å². The van der Waals surface area contributed by atoms with Gasteiger partial charge in [0.25, 0.3) is 0 Å². The van der Waals surface area contributed by atoms with Crippen LogP contribution in [0.3, 0.4) is 0 Å². The van der Waals surface area contributed by atoms with Crippen LogP contribution in [0.15, 0.2) is 36.2 Å². The first kappa shape index (κ1) is 10.7. The summed E-state index contributed by atoms with van der Waals surface area (Å²) in [5.74, 6) is 0.323. The summed E-state index contributed by atoms with van der Waals surface area (Å²) in [6, 6.07) is 7.45. The third-order valence-corrected chi connectivity index (χ3v) is 1.74. The molecule has 1 aromatic rings. The lowest BCUT2D eigenvalue weighted by Crippen LogP contribution is -2.01. The van der Waals surface area contributed by atoms with Crippen molar-refractivity contribution in [1.29, 1.82) is 0 Å². The van der Waals surface area contributed by atoms with Gasteiger partial charge in [0.1, 0.15) is 18.2 Å². The van der Waals surface area contributed by atoms with Crippen molar-refractivity contribution < 1.29 is 9.13 Å². The number of halogens is 1. The van der Waals surface area contributed by atoms with Crippen LogP contribution in [0.1, 0.15) is 5.56 Å². The molecule has 0 aliphatic heterocycles. The van der Waals surface area contributed by atoms with Gasteiger partial charge in [-0.2, -0.15) is 0 Å². The molecule has 1 aromatic carbocycles. The number of rotatable bonds is 4. The number of ether oxygens (including phenoxy) is 1. The second kappa shape index (κ2) is 5.40. The van der Waals surface area contributed by atoms with Gasteiger partial charge in [-0.3, -0.25) is 0 Å². The SMILES string of the molecule is Cc1ccc(OC/C(F)=C\CN)cc1. The number of nitrogens with two attached hydrogens (primary N) is 1.